The zero-order valence-corrected chi connectivity index (χ0v) is 12.4. The molecule has 2 N–H and O–H groups in total. The summed E-state index contributed by atoms with van der Waals surface area (Å²) in [6.45, 7) is 0.923. The fourth-order valence-electron chi connectivity index (χ4n) is 2.19. The van der Waals surface area contributed by atoms with Crippen LogP contribution in [0.5, 0.6) is 0 Å². The molecule has 0 bridgehead atoms. The second-order valence-corrected chi connectivity index (χ2v) is 5.10. The highest BCUT2D eigenvalue weighted by Crippen LogP contribution is 2.15. The SMILES string of the molecule is Fc1cccc(NCc2ccc(CNc3cccc(F)c3)o2)c1. The molecule has 0 fully saturated rings. The molecule has 0 aliphatic rings. The lowest BCUT2D eigenvalue weighted by Crippen LogP contribution is -1.99. The molecule has 3 aromatic rings. The summed E-state index contributed by atoms with van der Waals surface area (Å²) in [6, 6.07) is 16.2. The van der Waals surface area contributed by atoms with Gasteiger partial charge in [-0.15, -0.1) is 0 Å². The molecule has 0 saturated carbocycles. The lowest BCUT2D eigenvalue weighted by molar-refractivity contribution is 0.477. The first kappa shape index (κ1) is 15.1. The molecular formula is C18H16F2N2O. The Labute approximate surface area is 133 Å². The van der Waals surface area contributed by atoms with E-state index in [1.165, 1.54) is 24.3 Å². The van der Waals surface area contributed by atoms with E-state index >= 15 is 0 Å². The van der Waals surface area contributed by atoms with Gasteiger partial charge in [0.05, 0.1) is 13.1 Å². The monoisotopic (exact) mass is 314 g/mol. The number of anilines is 2. The van der Waals surface area contributed by atoms with Crippen LogP contribution in [0.15, 0.2) is 65.1 Å². The topological polar surface area (TPSA) is 37.2 Å². The van der Waals surface area contributed by atoms with Crippen molar-refractivity contribution in [3.05, 3.63) is 83.8 Å². The van der Waals surface area contributed by atoms with Crippen LogP contribution in [-0.2, 0) is 13.1 Å². The highest BCUT2D eigenvalue weighted by Gasteiger charge is 2.03. The van der Waals surface area contributed by atoms with Gasteiger partial charge in [-0.3, -0.25) is 0 Å². The fraction of sp³-hybridized carbons (Fsp3) is 0.111. The molecule has 0 saturated heterocycles. The summed E-state index contributed by atoms with van der Waals surface area (Å²) >= 11 is 0. The van der Waals surface area contributed by atoms with E-state index in [0.29, 0.717) is 24.5 Å². The highest BCUT2D eigenvalue weighted by molar-refractivity contribution is 5.44. The predicted octanol–water partition coefficient (Wildman–Crippen LogP) is 4.78. The summed E-state index contributed by atoms with van der Waals surface area (Å²) in [4.78, 5) is 0. The Bertz CT molecular complexity index is 722. The largest absolute Gasteiger partial charge is 0.462 e. The van der Waals surface area contributed by atoms with Crippen LogP contribution in [0.4, 0.5) is 20.2 Å². The number of rotatable bonds is 6. The van der Waals surface area contributed by atoms with Crippen molar-refractivity contribution in [2.75, 3.05) is 10.6 Å². The maximum absolute atomic E-state index is 13.1. The van der Waals surface area contributed by atoms with Gasteiger partial charge in [0, 0.05) is 11.4 Å². The van der Waals surface area contributed by atoms with Crippen molar-refractivity contribution in [3.8, 4) is 0 Å². The van der Waals surface area contributed by atoms with E-state index in [4.69, 9.17) is 4.42 Å². The maximum atomic E-state index is 13.1. The van der Waals surface area contributed by atoms with Crippen molar-refractivity contribution in [1.82, 2.24) is 0 Å². The lowest BCUT2D eigenvalue weighted by Gasteiger charge is -2.05. The van der Waals surface area contributed by atoms with Gasteiger partial charge >= 0.3 is 0 Å². The smallest absolute Gasteiger partial charge is 0.125 e. The Morgan fingerprint density at radius 3 is 1.61 bits per heavy atom. The molecule has 3 rings (SSSR count). The van der Waals surface area contributed by atoms with E-state index in [-0.39, 0.29) is 11.6 Å². The molecule has 0 atom stereocenters. The number of hydrogen-bond acceptors (Lipinski definition) is 3. The standard InChI is InChI=1S/C18H16F2N2O/c19-13-3-1-5-15(9-13)21-11-17-7-8-18(23-17)12-22-16-6-2-4-14(20)10-16/h1-10,21-22H,11-12H2. The minimum absolute atomic E-state index is 0.283. The molecule has 0 amide bonds. The Balaban J connectivity index is 1.53. The molecule has 3 nitrogen and oxygen atoms in total. The van der Waals surface area contributed by atoms with Gasteiger partial charge in [-0.25, -0.2) is 8.78 Å². The van der Waals surface area contributed by atoms with Gasteiger partial charge in [-0.1, -0.05) is 12.1 Å². The van der Waals surface area contributed by atoms with Crippen molar-refractivity contribution in [2.24, 2.45) is 0 Å². The summed E-state index contributed by atoms with van der Waals surface area (Å²) < 4.78 is 31.9. The summed E-state index contributed by atoms with van der Waals surface area (Å²) in [5.74, 6) is 0.916. The third-order valence-electron chi connectivity index (χ3n) is 3.30. The van der Waals surface area contributed by atoms with Crippen LogP contribution in [-0.4, -0.2) is 0 Å². The van der Waals surface area contributed by atoms with Crippen LogP contribution in [0.3, 0.4) is 0 Å². The Morgan fingerprint density at radius 2 is 1.17 bits per heavy atom. The second kappa shape index (κ2) is 6.96. The summed E-state index contributed by atoms with van der Waals surface area (Å²) in [7, 11) is 0. The minimum Gasteiger partial charge on any atom is -0.462 e. The maximum Gasteiger partial charge on any atom is 0.125 e. The molecule has 0 radical (unpaired) electrons. The van der Waals surface area contributed by atoms with E-state index in [1.807, 2.05) is 12.1 Å². The van der Waals surface area contributed by atoms with Crippen LogP contribution in [0.1, 0.15) is 11.5 Å². The molecular weight excluding hydrogens is 298 g/mol. The molecule has 0 spiro atoms. The predicted molar refractivity (Wildman–Crippen MR) is 86.2 cm³/mol. The zero-order valence-electron chi connectivity index (χ0n) is 12.4. The van der Waals surface area contributed by atoms with E-state index in [0.717, 1.165) is 11.5 Å². The van der Waals surface area contributed by atoms with E-state index in [1.54, 1.807) is 24.3 Å². The van der Waals surface area contributed by atoms with Crippen LogP contribution < -0.4 is 10.6 Å². The first-order chi connectivity index (χ1) is 11.2. The molecule has 5 heteroatoms. The van der Waals surface area contributed by atoms with Crippen LogP contribution in [0, 0.1) is 11.6 Å². The quantitative estimate of drug-likeness (QED) is 0.687. The summed E-state index contributed by atoms with van der Waals surface area (Å²) in [5, 5.41) is 6.19. The third kappa shape index (κ3) is 4.32. The molecule has 1 aromatic heterocycles. The third-order valence-corrected chi connectivity index (χ3v) is 3.30. The van der Waals surface area contributed by atoms with Crippen LogP contribution >= 0.6 is 0 Å². The fourth-order valence-corrected chi connectivity index (χ4v) is 2.19. The molecule has 1 heterocycles. The van der Waals surface area contributed by atoms with E-state index in [2.05, 4.69) is 10.6 Å². The molecule has 0 aliphatic heterocycles. The number of benzene rings is 2. The zero-order chi connectivity index (χ0) is 16.1. The van der Waals surface area contributed by atoms with Gasteiger partial charge < -0.3 is 15.1 Å². The van der Waals surface area contributed by atoms with Crippen molar-refractivity contribution in [3.63, 3.8) is 0 Å². The Kier molecular flexibility index (Phi) is 4.57. The molecule has 0 unspecified atom stereocenters. The van der Waals surface area contributed by atoms with Gasteiger partial charge in [-0.2, -0.15) is 0 Å². The molecule has 2 aromatic carbocycles. The molecule has 23 heavy (non-hydrogen) atoms. The van der Waals surface area contributed by atoms with Gasteiger partial charge in [-0.05, 0) is 48.5 Å². The first-order valence-corrected chi connectivity index (χ1v) is 7.25. The normalized spacial score (nSPS) is 10.5. The second-order valence-electron chi connectivity index (χ2n) is 5.10. The lowest BCUT2D eigenvalue weighted by atomic mass is 10.3. The van der Waals surface area contributed by atoms with Gasteiger partial charge in [0.2, 0.25) is 0 Å². The number of hydrogen-bond donors (Lipinski definition) is 2. The van der Waals surface area contributed by atoms with E-state index in [9.17, 15) is 8.78 Å². The summed E-state index contributed by atoms with van der Waals surface area (Å²) in [6.07, 6.45) is 0. The average molecular weight is 314 g/mol. The minimum atomic E-state index is -0.283. The number of halogens is 2. The van der Waals surface area contributed by atoms with Crippen molar-refractivity contribution in [2.45, 2.75) is 13.1 Å². The molecule has 0 aliphatic carbocycles. The number of furan rings is 1. The van der Waals surface area contributed by atoms with Crippen molar-refractivity contribution < 1.29 is 13.2 Å². The Morgan fingerprint density at radius 1 is 0.696 bits per heavy atom. The van der Waals surface area contributed by atoms with Crippen LogP contribution in [0.25, 0.3) is 0 Å². The van der Waals surface area contributed by atoms with Gasteiger partial charge in [0.15, 0.2) is 0 Å². The first-order valence-electron chi connectivity index (χ1n) is 7.25. The Hall–Kier alpha value is -2.82. The van der Waals surface area contributed by atoms with Gasteiger partial charge in [0.25, 0.3) is 0 Å². The highest BCUT2D eigenvalue weighted by atomic mass is 19.1. The van der Waals surface area contributed by atoms with Gasteiger partial charge in [0.1, 0.15) is 23.2 Å². The van der Waals surface area contributed by atoms with Crippen molar-refractivity contribution >= 4 is 11.4 Å². The summed E-state index contributed by atoms with van der Waals surface area (Å²) in [5.41, 5.74) is 1.39. The van der Waals surface area contributed by atoms with Crippen molar-refractivity contribution in [1.29, 1.82) is 0 Å². The average Bonchev–Trinajstić information content (AvgIpc) is 2.99. The van der Waals surface area contributed by atoms with Crippen LogP contribution in [0.2, 0.25) is 0 Å². The molecule has 118 valence electrons. The van der Waals surface area contributed by atoms with E-state index < -0.39 is 0 Å². The number of nitrogens with one attached hydrogen (secondary N) is 2.